The zero-order chi connectivity index (χ0) is 37.9. The van der Waals surface area contributed by atoms with Gasteiger partial charge in [0.25, 0.3) is 0 Å². The molecule has 0 radical (unpaired) electrons. The lowest BCUT2D eigenvalue weighted by molar-refractivity contribution is 0.581. The Bertz CT molecular complexity index is 3220. The SMILES string of the molecule is Fc1cccc(-n2c3ccccc3c3c2ccc2c4ccccc4n(-c4ccc(-c5ccc(-c6nc(-c7ccccc7)nc(-c7ccccc7)n6)cc5)cc4)c23)n1. The monoisotopic (exact) mass is 734 g/mol. The molecule has 0 aliphatic rings. The molecule has 0 N–H and O–H groups in total. The number of hydrogen-bond acceptors (Lipinski definition) is 4. The molecule has 0 amide bonds. The molecular formula is C50H31FN6. The fraction of sp³-hybridized carbons (Fsp3) is 0. The van der Waals surface area contributed by atoms with E-state index in [1.54, 1.807) is 6.07 Å². The zero-order valence-electron chi connectivity index (χ0n) is 30.5. The van der Waals surface area contributed by atoms with Crippen molar-refractivity contribution in [3.05, 3.63) is 194 Å². The molecule has 0 atom stereocenters. The van der Waals surface area contributed by atoms with Crippen LogP contribution in [0.1, 0.15) is 0 Å². The summed E-state index contributed by atoms with van der Waals surface area (Å²) in [5.41, 5.74) is 10.2. The van der Waals surface area contributed by atoms with Gasteiger partial charge in [-0.05, 0) is 53.6 Å². The van der Waals surface area contributed by atoms with Crippen molar-refractivity contribution in [3.8, 4) is 56.8 Å². The third-order valence-corrected chi connectivity index (χ3v) is 10.7. The summed E-state index contributed by atoms with van der Waals surface area (Å²) in [4.78, 5) is 18.9. The van der Waals surface area contributed by atoms with E-state index in [4.69, 9.17) is 15.0 Å². The predicted molar refractivity (Wildman–Crippen MR) is 228 cm³/mol. The summed E-state index contributed by atoms with van der Waals surface area (Å²) in [5.74, 6) is 1.93. The van der Waals surface area contributed by atoms with Gasteiger partial charge >= 0.3 is 0 Å². The largest absolute Gasteiger partial charge is 0.309 e. The molecule has 0 unspecified atom stereocenters. The first-order valence-electron chi connectivity index (χ1n) is 18.8. The highest BCUT2D eigenvalue weighted by atomic mass is 19.1. The molecule has 0 saturated heterocycles. The third kappa shape index (κ3) is 5.47. The van der Waals surface area contributed by atoms with Gasteiger partial charge in [-0.15, -0.1) is 0 Å². The van der Waals surface area contributed by atoms with E-state index in [2.05, 4.69) is 117 Å². The summed E-state index contributed by atoms with van der Waals surface area (Å²) in [7, 11) is 0. The molecule has 7 heteroatoms. The lowest BCUT2D eigenvalue weighted by atomic mass is 10.0. The Labute approximate surface area is 326 Å². The van der Waals surface area contributed by atoms with E-state index in [1.807, 2.05) is 72.8 Å². The van der Waals surface area contributed by atoms with Crippen molar-refractivity contribution in [1.82, 2.24) is 29.1 Å². The van der Waals surface area contributed by atoms with E-state index in [1.165, 1.54) is 11.5 Å². The highest BCUT2D eigenvalue weighted by Gasteiger charge is 2.21. The lowest BCUT2D eigenvalue weighted by Crippen LogP contribution is -2.00. The second-order valence-corrected chi connectivity index (χ2v) is 14.0. The number of aromatic nitrogens is 6. The molecule has 57 heavy (non-hydrogen) atoms. The van der Waals surface area contributed by atoms with Crippen LogP contribution in [0, 0.1) is 5.95 Å². The van der Waals surface area contributed by atoms with Crippen LogP contribution >= 0.6 is 0 Å². The van der Waals surface area contributed by atoms with Gasteiger partial charge in [0.1, 0.15) is 5.82 Å². The molecule has 0 aliphatic heterocycles. The van der Waals surface area contributed by atoms with Crippen molar-refractivity contribution in [2.24, 2.45) is 0 Å². The van der Waals surface area contributed by atoms with E-state index in [0.29, 0.717) is 23.3 Å². The summed E-state index contributed by atoms with van der Waals surface area (Å²) >= 11 is 0. The number of pyridine rings is 1. The van der Waals surface area contributed by atoms with E-state index in [-0.39, 0.29) is 0 Å². The topological polar surface area (TPSA) is 61.4 Å². The molecule has 268 valence electrons. The van der Waals surface area contributed by atoms with E-state index in [9.17, 15) is 4.39 Å². The van der Waals surface area contributed by atoms with Crippen LogP contribution in [0.15, 0.2) is 188 Å². The van der Waals surface area contributed by atoms with E-state index >= 15 is 0 Å². The van der Waals surface area contributed by atoms with Crippen molar-refractivity contribution in [2.45, 2.75) is 0 Å². The third-order valence-electron chi connectivity index (χ3n) is 10.7. The number of hydrogen-bond donors (Lipinski definition) is 0. The average molecular weight is 735 g/mol. The predicted octanol–water partition coefficient (Wildman–Crippen LogP) is 12.3. The van der Waals surface area contributed by atoms with Crippen molar-refractivity contribution < 1.29 is 4.39 Å². The van der Waals surface area contributed by atoms with Gasteiger partial charge in [-0.1, -0.05) is 146 Å². The maximum Gasteiger partial charge on any atom is 0.214 e. The van der Waals surface area contributed by atoms with Gasteiger partial charge in [0.2, 0.25) is 5.95 Å². The minimum Gasteiger partial charge on any atom is -0.309 e. The normalized spacial score (nSPS) is 11.6. The minimum absolute atomic E-state index is 0.511. The van der Waals surface area contributed by atoms with Crippen LogP contribution in [0.4, 0.5) is 4.39 Å². The summed E-state index contributed by atoms with van der Waals surface area (Å²) in [6.45, 7) is 0. The number of para-hydroxylation sites is 2. The molecule has 6 nitrogen and oxygen atoms in total. The standard InChI is InChI=1S/C50H31FN6/c51-44-20-11-21-45(52-44)57-42-19-10-8-17-40(42)46-43(57)31-30-39-38-16-7-9-18-41(38)56(47(39)46)37-28-26-33(27-29-37)32-22-24-36(25-23-32)50-54-48(34-12-3-1-4-13-34)53-49(55-50)35-14-5-2-6-15-35/h1-31H. The van der Waals surface area contributed by atoms with Crippen molar-refractivity contribution in [3.63, 3.8) is 0 Å². The fourth-order valence-electron chi connectivity index (χ4n) is 8.10. The number of benzene rings is 7. The highest BCUT2D eigenvalue weighted by Crippen LogP contribution is 2.42. The fourth-order valence-corrected chi connectivity index (χ4v) is 8.10. The first-order valence-corrected chi connectivity index (χ1v) is 18.8. The molecule has 0 fully saturated rings. The Kier molecular flexibility index (Phi) is 7.57. The number of rotatable bonds is 6. The highest BCUT2D eigenvalue weighted by molar-refractivity contribution is 6.26. The van der Waals surface area contributed by atoms with Crippen LogP contribution < -0.4 is 0 Å². The number of halogens is 1. The summed E-state index contributed by atoms with van der Waals surface area (Å²) in [6.07, 6.45) is 0. The maximum atomic E-state index is 14.5. The first kappa shape index (κ1) is 32.6. The molecular weight excluding hydrogens is 704 g/mol. The Balaban J connectivity index is 1.02. The summed E-state index contributed by atoms with van der Waals surface area (Å²) in [5, 5.41) is 4.49. The van der Waals surface area contributed by atoms with Crippen molar-refractivity contribution >= 4 is 43.6 Å². The van der Waals surface area contributed by atoms with Gasteiger partial charge in [0.05, 0.1) is 22.1 Å². The quantitative estimate of drug-likeness (QED) is 0.160. The maximum absolute atomic E-state index is 14.5. The van der Waals surface area contributed by atoms with Crippen LogP contribution in [0.3, 0.4) is 0 Å². The van der Waals surface area contributed by atoms with Gasteiger partial charge in [-0.25, -0.2) is 19.9 Å². The van der Waals surface area contributed by atoms with Crippen LogP contribution in [0.25, 0.3) is 100 Å². The molecule has 11 aromatic rings. The average Bonchev–Trinajstić information content (AvgIpc) is 3.80. The molecule has 0 spiro atoms. The van der Waals surface area contributed by atoms with Gasteiger partial charge in [0, 0.05) is 43.9 Å². The Morgan fingerprint density at radius 3 is 1.46 bits per heavy atom. The van der Waals surface area contributed by atoms with Gasteiger partial charge < -0.3 is 4.57 Å². The van der Waals surface area contributed by atoms with Crippen molar-refractivity contribution in [1.29, 1.82) is 0 Å². The van der Waals surface area contributed by atoms with Gasteiger partial charge in [-0.2, -0.15) is 4.39 Å². The molecule has 0 saturated carbocycles. The van der Waals surface area contributed by atoms with Crippen LogP contribution in [-0.4, -0.2) is 29.1 Å². The van der Waals surface area contributed by atoms with Crippen molar-refractivity contribution in [2.75, 3.05) is 0 Å². The smallest absolute Gasteiger partial charge is 0.214 e. The number of nitrogens with zero attached hydrogens (tertiary/aromatic N) is 6. The molecule has 0 aliphatic carbocycles. The second kappa shape index (κ2) is 13.2. The molecule has 4 aromatic heterocycles. The van der Waals surface area contributed by atoms with Gasteiger partial charge in [0.15, 0.2) is 17.5 Å². The Morgan fingerprint density at radius 2 is 0.842 bits per heavy atom. The number of fused-ring (bicyclic) bond motifs is 7. The van der Waals surface area contributed by atoms with Gasteiger partial charge in [-0.3, -0.25) is 4.57 Å². The van der Waals surface area contributed by atoms with Crippen LogP contribution in [-0.2, 0) is 0 Å². The molecule has 0 bridgehead atoms. The first-order chi connectivity index (χ1) is 28.2. The lowest BCUT2D eigenvalue weighted by Gasteiger charge is -2.11. The molecule has 4 heterocycles. The van der Waals surface area contributed by atoms with Crippen LogP contribution in [0.5, 0.6) is 0 Å². The minimum atomic E-state index is -0.511. The Morgan fingerprint density at radius 1 is 0.333 bits per heavy atom. The summed E-state index contributed by atoms with van der Waals surface area (Å²) in [6, 6.07) is 63.2. The van der Waals surface area contributed by atoms with Crippen LogP contribution in [0.2, 0.25) is 0 Å². The summed E-state index contributed by atoms with van der Waals surface area (Å²) < 4.78 is 18.9. The zero-order valence-corrected chi connectivity index (χ0v) is 30.5. The second-order valence-electron chi connectivity index (χ2n) is 14.0. The van der Waals surface area contributed by atoms with E-state index < -0.39 is 5.95 Å². The molecule has 7 aromatic carbocycles. The van der Waals surface area contributed by atoms with E-state index in [0.717, 1.165) is 71.7 Å². The Hall–Kier alpha value is -7.77. The molecule has 11 rings (SSSR count).